The number of hydrogen-bond acceptors (Lipinski definition) is 5. The van der Waals surface area contributed by atoms with Crippen LogP contribution in [0, 0.1) is 17.8 Å². The molecule has 1 saturated heterocycles. The molecule has 1 aliphatic heterocycles. The normalized spacial score (nSPS) is 16.8. The number of carbonyl (C=O) groups is 4. The van der Waals surface area contributed by atoms with Gasteiger partial charge in [-0.3, -0.25) is 14.4 Å². The Bertz CT molecular complexity index is 965. The van der Waals surface area contributed by atoms with Crippen molar-refractivity contribution in [1.29, 1.82) is 0 Å². The van der Waals surface area contributed by atoms with E-state index in [4.69, 9.17) is 4.74 Å². The summed E-state index contributed by atoms with van der Waals surface area (Å²) >= 11 is 0. The monoisotopic (exact) mass is 544 g/mol. The predicted octanol–water partition coefficient (Wildman–Crippen LogP) is 4.18. The molecule has 0 bridgehead atoms. The second-order valence-electron chi connectivity index (χ2n) is 12.3. The number of hydrogen-bond donors (Lipinski definition) is 3. The molecule has 0 saturated carbocycles. The zero-order chi connectivity index (χ0) is 29.3. The van der Waals surface area contributed by atoms with Crippen molar-refractivity contribution in [1.82, 2.24) is 20.9 Å². The van der Waals surface area contributed by atoms with Gasteiger partial charge < -0.3 is 25.6 Å². The Morgan fingerprint density at radius 1 is 0.923 bits per heavy atom. The van der Waals surface area contributed by atoms with Crippen LogP contribution in [-0.4, -0.2) is 59.5 Å². The lowest BCUT2D eigenvalue weighted by molar-refractivity contribution is -0.138. The van der Waals surface area contributed by atoms with Crippen LogP contribution < -0.4 is 16.0 Å². The van der Waals surface area contributed by atoms with Gasteiger partial charge in [0.05, 0.1) is 6.04 Å². The molecule has 39 heavy (non-hydrogen) atoms. The van der Waals surface area contributed by atoms with Gasteiger partial charge in [0.2, 0.25) is 17.7 Å². The number of nitrogens with one attached hydrogen (secondary N) is 3. The highest BCUT2D eigenvalue weighted by Gasteiger charge is 2.34. The third kappa shape index (κ3) is 10.5. The maximum atomic E-state index is 13.3. The fourth-order valence-corrected chi connectivity index (χ4v) is 4.66. The van der Waals surface area contributed by atoms with Crippen LogP contribution in [0.1, 0.15) is 86.3 Å². The van der Waals surface area contributed by atoms with E-state index < -0.39 is 23.8 Å². The van der Waals surface area contributed by atoms with Gasteiger partial charge in [-0.1, -0.05) is 58.0 Å². The maximum Gasteiger partial charge on any atom is 0.408 e. The minimum absolute atomic E-state index is 0.0886. The highest BCUT2D eigenvalue weighted by Crippen LogP contribution is 2.21. The smallest absolute Gasteiger partial charge is 0.408 e. The van der Waals surface area contributed by atoms with Gasteiger partial charge in [0.1, 0.15) is 17.7 Å². The number of rotatable bonds is 10. The van der Waals surface area contributed by atoms with Crippen LogP contribution in [0.25, 0.3) is 0 Å². The SMILES string of the molecule is CC(C)C[C@H](NC(=O)OC(C)(C)C)C(=O)N1CCC(C(=O)N[C@H](C(=O)N[C@H](C)c2ccccc2)C(C)C)CC1. The highest BCUT2D eigenvalue weighted by atomic mass is 16.6. The van der Waals surface area contributed by atoms with E-state index in [-0.39, 0.29) is 41.5 Å². The van der Waals surface area contributed by atoms with Gasteiger partial charge in [-0.2, -0.15) is 0 Å². The molecule has 218 valence electrons. The zero-order valence-electron chi connectivity index (χ0n) is 24.9. The summed E-state index contributed by atoms with van der Waals surface area (Å²) in [5.74, 6) is -0.740. The molecule has 0 unspecified atom stereocenters. The molecule has 9 heteroatoms. The summed E-state index contributed by atoms with van der Waals surface area (Å²) < 4.78 is 5.35. The van der Waals surface area contributed by atoms with E-state index in [1.54, 1.807) is 25.7 Å². The van der Waals surface area contributed by atoms with Crippen LogP contribution in [0.4, 0.5) is 4.79 Å². The van der Waals surface area contributed by atoms with Crippen molar-refractivity contribution in [2.75, 3.05) is 13.1 Å². The van der Waals surface area contributed by atoms with Crippen LogP contribution in [0.15, 0.2) is 30.3 Å². The molecule has 0 aliphatic carbocycles. The van der Waals surface area contributed by atoms with Gasteiger partial charge >= 0.3 is 6.09 Å². The van der Waals surface area contributed by atoms with Crippen molar-refractivity contribution in [3.63, 3.8) is 0 Å². The van der Waals surface area contributed by atoms with Crippen LogP contribution in [0.5, 0.6) is 0 Å². The Morgan fingerprint density at radius 2 is 1.51 bits per heavy atom. The molecule has 9 nitrogen and oxygen atoms in total. The Morgan fingerprint density at radius 3 is 2.03 bits per heavy atom. The fraction of sp³-hybridized carbons (Fsp3) is 0.667. The van der Waals surface area contributed by atoms with E-state index in [2.05, 4.69) is 16.0 Å². The first-order valence-corrected chi connectivity index (χ1v) is 14.1. The Kier molecular flexibility index (Phi) is 11.8. The summed E-state index contributed by atoms with van der Waals surface area (Å²) in [6.07, 6.45) is 0.858. The van der Waals surface area contributed by atoms with Gasteiger partial charge in [0.15, 0.2) is 0 Å². The molecule has 0 aromatic heterocycles. The summed E-state index contributed by atoms with van der Waals surface area (Å²) in [7, 11) is 0. The standard InChI is InChI=1S/C30H48N4O5/c1-19(2)18-24(32-29(38)39-30(6,7)8)28(37)34-16-14-23(15-17-34)26(35)33-25(20(3)4)27(36)31-21(5)22-12-10-9-11-13-22/h9-13,19-21,23-25H,14-18H2,1-8H3,(H,31,36)(H,32,38)(H,33,35)/t21-,24+,25+/m1/s1. The molecular weight excluding hydrogens is 496 g/mol. The molecule has 4 amide bonds. The molecule has 1 aromatic rings. The van der Waals surface area contributed by atoms with Gasteiger partial charge in [-0.05, 0) is 64.4 Å². The third-order valence-corrected chi connectivity index (χ3v) is 6.78. The lowest BCUT2D eigenvalue weighted by Crippen LogP contribution is -2.54. The number of carbonyl (C=O) groups excluding carboxylic acids is 4. The number of amides is 4. The first-order valence-electron chi connectivity index (χ1n) is 14.1. The van der Waals surface area contributed by atoms with Crippen molar-refractivity contribution in [2.24, 2.45) is 17.8 Å². The average molecular weight is 545 g/mol. The average Bonchev–Trinajstić information content (AvgIpc) is 2.85. The quantitative estimate of drug-likeness (QED) is 0.409. The van der Waals surface area contributed by atoms with Crippen molar-refractivity contribution in [2.45, 2.75) is 98.4 Å². The van der Waals surface area contributed by atoms with Crippen LogP contribution in [-0.2, 0) is 19.1 Å². The highest BCUT2D eigenvalue weighted by molar-refractivity contribution is 5.89. The van der Waals surface area contributed by atoms with E-state index >= 15 is 0 Å². The number of piperidine rings is 1. The molecule has 1 fully saturated rings. The van der Waals surface area contributed by atoms with Gasteiger partial charge in [0, 0.05) is 19.0 Å². The summed E-state index contributed by atoms with van der Waals surface area (Å²) in [6.45, 7) is 15.9. The summed E-state index contributed by atoms with van der Waals surface area (Å²) in [5, 5.41) is 8.71. The van der Waals surface area contributed by atoms with Crippen LogP contribution >= 0.6 is 0 Å². The largest absolute Gasteiger partial charge is 0.444 e. The lowest BCUT2D eigenvalue weighted by Gasteiger charge is -2.35. The molecule has 0 spiro atoms. The molecule has 1 aromatic carbocycles. The van der Waals surface area contributed by atoms with Crippen LogP contribution in [0.2, 0.25) is 0 Å². The van der Waals surface area contributed by atoms with Gasteiger partial charge in [0.25, 0.3) is 0 Å². The van der Waals surface area contributed by atoms with Crippen molar-refractivity contribution in [3.05, 3.63) is 35.9 Å². The summed E-state index contributed by atoms with van der Waals surface area (Å²) in [6, 6.07) is 8.16. The van der Waals surface area contributed by atoms with E-state index in [9.17, 15) is 19.2 Å². The fourth-order valence-electron chi connectivity index (χ4n) is 4.66. The van der Waals surface area contributed by atoms with E-state index in [1.807, 2.05) is 65.0 Å². The van der Waals surface area contributed by atoms with Crippen molar-refractivity contribution in [3.8, 4) is 0 Å². The number of alkyl carbamates (subject to hydrolysis) is 1. The minimum Gasteiger partial charge on any atom is -0.444 e. The molecule has 3 atom stereocenters. The molecule has 3 N–H and O–H groups in total. The number of likely N-dealkylation sites (tertiary alicyclic amines) is 1. The van der Waals surface area contributed by atoms with E-state index in [0.29, 0.717) is 32.4 Å². The minimum atomic E-state index is -0.689. The Balaban J connectivity index is 1.95. The summed E-state index contributed by atoms with van der Waals surface area (Å²) in [5.41, 5.74) is 0.333. The Labute approximate surface area is 233 Å². The molecule has 1 aliphatic rings. The number of ether oxygens (including phenoxy) is 1. The Hall–Kier alpha value is -3.10. The first kappa shape index (κ1) is 32.1. The second-order valence-corrected chi connectivity index (χ2v) is 12.3. The number of benzene rings is 1. The molecule has 2 rings (SSSR count). The summed E-state index contributed by atoms with van der Waals surface area (Å²) in [4.78, 5) is 53.5. The first-order chi connectivity index (χ1) is 18.2. The van der Waals surface area contributed by atoms with Gasteiger partial charge in [-0.25, -0.2) is 4.79 Å². The molecule has 1 heterocycles. The van der Waals surface area contributed by atoms with E-state index in [1.165, 1.54) is 0 Å². The van der Waals surface area contributed by atoms with Crippen LogP contribution in [0.3, 0.4) is 0 Å². The molecular formula is C30H48N4O5. The third-order valence-electron chi connectivity index (χ3n) is 6.78. The topological polar surface area (TPSA) is 117 Å². The maximum absolute atomic E-state index is 13.3. The van der Waals surface area contributed by atoms with E-state index in [0.717, 1.165) is 5.56 Å². The zero-order valence-corrected chi connectivity index (χ0v) is 24.9. The van der Waals surface area contributed by atoms with Crippen molar-refractivity contribution < 1.29 is 23.9 Å². The second kappa shape index (κ2) is 14.3. The molecule has 0 radical (unpaired) electrons. The number of nitrogens with zero attached hydrogens (tertiary/aromatic N) is 1. The lowest BCUT2D eigenvalue weighted by atomic mass is 9.93. The van der Waals surface area contributed by atoms with Gasteiger partial charge in [-0.15, -0.1) is 0 Å². The predicted molar refractivity (Wildman–Crippen MR) is 152 cm³/mol. The van der Waals surface area contributed by atoms with Crippen molar-refractivity contribution >= 4 is 23.8 Å².